The Morgan fingerprint density at radius 2 is 1.78 bits per heavy atom. The van der Waals surface area contributed by atoms with E-state index in [1.165, 1.54) is 7.05 Å². The molecule has 2 heterocycles. The van der Waals surface area contributed by atoms with E-state index in [2.05, 4.69) is 20.6 Å². The Bertz CT molecular complexity index is 1100. The first-order chi connectivity index (χ1) is 15.3. The Labute approximate surface area is 182 Å². The fourth-order valence-electron chi connectivity index (χ4n) is 4.29. The van der Waals surface area contributed by atoms with Crippen molar-refractivity contribution < 1.29 is 22.8 Å². The van der Waals surface area contributed by atoms with Crippen molar-refractivity contribution in [3.8, 4) is 11.3 Å². The van der Waals surface area contributed by atoms with Gasteiger partial charge < -0.3 is 5.32 Å². The lowest BCUT2D eigenvalue weighted by molar-refractivity contribution is -0.143. The number of nitrogens with one attached hydrogen (secondary N) is 2. The summed E-state index contributed by atoms with van der Waals surface area (Å²) in [5, 5.41) is 12.7. The van der Waals surface area contributed by atoms with E-state index in [1.807, 2.05) is 6.07 Å². The van der Waals surface area contributed by atoms with Crippen LogP contribution in [-0.2, 0) is 18.0 Å². The van der Waals surface area contributed by atoms with Crippen molar-refractivity contribution in [3.05, 3.63) is 54.0 Å². The van der Waals surface area contributed by atoms with Gasteiger partial charge >= 0.3 is 6.18 Å². The molecule has 1 amide bonds. The van der Waals surface area contributed by atoms with Crippen LogP contribution in [0.1, 0.15) is 41.7 Å². The molecular weight excluding hydrogens is 423 g/mol. The maximum atomic E-state index is 13.3. The number of alkyl halides is 3. The Balaban J connectivity index is 1.53. The summed E-state index contributed by atoms with van der Waals surface area (Å²) in [5.74, 6) is -2.06. The number of Topliss-reactive ketones (excluding diaryl/α,β-unsaturated/α-hetero) is 1. The highest BCUT2D eigenvalue weighted by atomic mass is 19.4. The fourth-order valence-corrected chi connectivity index (χ4v) is 4.29. The van der Waals surface area contributed by atoms with Crippen LogP contribution in [0.5, 0.6) is 0 Å². The van der Waals surface area contributed by atoms with Crippen molar-refractivity contribution in [2.45, 2.75) is 31.9 Å². The average Bonchev–Trinajstić information content (AvgIpc) is 3.43. The summed E-state index contributed by atoms with van der Waals surface area (Å²) in [5.41, 5.74) is 0.726. The van der Waals surface area contributed by atoms with Gasteiger partial charge in [0.1, 0.15) is 0 Å². The summed E-state index contributed by atoms with van der Waals surface area (Å²) in [6.07, 6.45) is 0.425. The van der Waals surface area contributed by atoms with Gasteiger partial charge in [0.25, 0.3) is 0 Å². The zero-order valence-electron chi connectivity index (χ0n) is 17.3. The molecule has 1 saturated carbocycles. The van der Waals surface area contributed by atoms with Crippen molar-refractivity contribution in [2.24, 2.45) is 18.9 Å². The van der Waals surface area contributed by atoms with E-state index in [4.69, 9.17) is 0 Å². The minimum Gasteiger partial charge on any atom is -0.323 e. The number of ketones is 1. The van der Waals surface area contributed by atoms with E-state index in [-0.39, 0.29) is 5.78 Å². The number of amides is 1. The molecule has 2 N–H and O–H groups in total. The molecule has 0 bridgehead atoms. The van der Waals surface area contributed by atoms with Gasteiger partial charge in [-0.05, 0) is 24.5 Å². The number of hydrogen-bond acceptors (Lipinski definition) is 4. The molecule has 0 radical (unpaired) electrons. The number of aryl methyl sites for hydroxylation is 1. The SMILES string of the molecule is Cn1ncc(NC(=O)[C@@H]2CCCC[C@H]2C(=O)c2ccc(-c3ccn[nH]3)cc2)c1C(F)(F)F. The van der Waals surface area contributed by atoms with Crippen LogP contribution in [0.15, 0.2) is 42.7 Å². The molecule has 1 aliphatic rings. The molecule has 32 heavy (non-hydrogen) atoms. The van der Waals surface area contributed by atoms with Crippen molar-refractivity contribution in [3.63, 3.8) is 0 Å². The Morgan fingerprint density at radius 3 is 2.41 bits per heavy atom. The second kappa shape index (κ2) is 8.60. The van der Waals surface area contributed by atoms with Gasteiger partial charge in [-0.3, -0.25) is 19.4 Å². The fraction of sp³-hybridized carbons (Fsp3) is 0.364. The molecule has 2 aromatic heterocycles. The normalized spacial score (nSPS) is 19.0. The maximum Gasteiger partial charge on any atom is 0.435 e. The Kier molecular flexibility index (Phi) is 5.86. The smallest absolute Gasteiger partial charge is 0.323 e. The van der Waals surface area contributed by atoms with E-state index in [1.54, 1.807) is 30.5 Å². The van der Waals surface area contributed by atoms with Gasteiger partial charge in [0.05, 0.1) is 17.6 Å². The highest BCUT2D eigenvalue weighted by molar-refractivity contribution is 6.03. The predicted molar refractivity (Wildman–Crippen MR) is 111 cm³/mol. The van der Waals surface area contributed by atoms with Crippen LogP contribution < -0.4 is 5.32 Å². The number of halogens is 3. The minimum absolute atomic E-state index is 0.178. The lowest BCUT2D eigenvalue weighted by atomic mass is 9.75. The van der Waals surface area contributed by atoms with E-state index < -0.39 is 35.3 Å². The van der Waals surface area contributed by atoms with Crippen LogP contribution in [0.4, 0.5) is 18.9 Å². The van der Waals surface area contributed by atoms with Crippen molar-refractivity contribution in [1.82, 2.24) is 20.0 Å². The molecule has 7 nitrogen and oxygen atoms in total. The summed E-state index contributed by atoms with van der Waals surface area (Å²) in [6, 6.07) is 8.80. The molecule has 0 spiro atoms. The largest absolute Gasteiger partial charge is 0.435 e. The van der Waals surface area contributed by atoms with Crippen LogP contribution >= 0.6 is 0 Å². The number of hydrogen-bond donors (Lipinski definition) is 2. The molecule has 3 aromatic rings. The molecule has 0 saturated heterocycles. The first-order valence-electron chi connectivity index (χ1n) is 10.3. The van der Waals surface area contributed by atoms with Crippen LogP contribution in [0, 0.1) is 11.8 Å². The Hall–Kier alpha value is -3.43. The number of rotatable bonds is 5. The summed E-state index contributed by atoms with van der Waals surface area (Å²) >= 11 is 0. The summed E-state index contributed by atoms with van der Waals surface area (Å²) in [4.78, 5) is 26.1. The summed E-state index contributed by atoms with van der Waals surface area (Å²) in [7, 11) is 1.17. The number of benzene rings is 1. The predicted octanol–water partition coefficient (Wildman–Crippen LogP) is 4.46. The summed E-state index contributed by atoms with van der Waals surface area (Å²) in [6.45, 7) is 0. The first-order valence-corrected chi connectivity index (χ1v) is 10.3. The highest BCUT2D eigenvalue weighted by Crippen LogP contribution is 2.37. The van der Waals surface area contributed by atoms with Crippen LogP contribution in [0.2, 0.25) is 0 Å². The lowest BCUT2D eigenvalue weighted by Gasteiger charge is -2.29. The van der Waals surface area contributed by atoms with Gasteiger partial charge in [0.2, 0.25) is 5.91 Å². The Morgan fingerprint density at radius 1 is 1.09 bits per heavy atom. The molecule has 10 heteroatoms. The van der Waals surface area contributed by atoms with Crippen molar-refractivity contribution in [2.75, 3.05) is 5.32 Å². The molecule has 1 aromatic carbocycles. The molecular formula is C22H22F3N5O2. The molecule has 0 unspecified atom stereocenters. The first kappa shape index (κ1) is 21.8. The number of H-pyrrole nitrogens is 1. The van der Waals surface area contributed by atoms with Gasteiger partial charge in [-0.15, -0.1) is 0 Å². The average molecular weight is 445 g/mol. The molecule has 168 valence electrons. The van der Waals surface area contributed by atoms with E-state index >= 15 is 0 Å². The monoisotopic (exact) mass is 445 g/mol. The number of nitrogens with zero attached hydrogens (tertiary/aromatic N) is 3. The molecule has 4 rings (SSSR count). The molecule has 0 aliphatic heterocycles. The number of aromatic nitrogens is 4. The van der Waals surface area contributed by atoms with Gasteiger partial charge in [-0.2, -0.15) is 23.4 Å². The zero-order valence-corrected chi connectivity index (χ0v) is 17.3. The standard InChI is InChI=1S/C22H22F3N5O2/c1-30-20(22(23,24)25)18(12-27-30)28-21(32)16-5-3-2-4-15(16)19(31)14-8-6-13(7-9-14)17-10-11-26-29-17/h6-12,15-16H,2-5H2,1H3,(H,26,29)(H,28,32)/t15-,16-/m1/s1. The number of carbonyl (C=O) groups is 2. The second-order valence-corrected chi connectivity index (χ2v) is 7.93. The number of anilines is 1. The topological polar surface area (TPSA) is 92.7 Å². The van der Waals surface area contributed by atoms with Crippen molar-refractivity contribution in [1.29, 1.82) is 0 Å². The van der Waals surface area contributed by atoms with E-state index in [0.29, 0.717) is 23.1 Å². The van der Waals surface area contributed by atoms with Gasteiger partial charge in [-0.25, -0.2) is 0 Å². The van der Waals surface area contributed by atoms with Crippen molar-refractivity contribution >= 4 is 17.4 Å². The third kappa shape index (κ3) is 4.30. The quantitative estimate of drug-likeness (QED) is 0.568. The third-order valence-electron chi connectivity index (χ3n) is 5.89. The van der Waals surface area contributed by atoms with Gasteiger partial charge in [0.15, 0.2) is 11.5 Å². The van der Waals surface area contributed by atoms with Gasteiger partial charge in [0, 0.05) is 30.6 Å². The summed E-state index contributed by atoms with van der Waals surface area (Å²) < 4.78 is 40.7. The minimum atomic E-state index is -4.66. The molecule has 1 aliphatic carbocycles. The number of aromatic amines is 1. The van der Waals surface area contributed by atoms with Gasteiger partial charge in [-0.1, -0.05) is 37.1 Å². The van der Waals surface area contributed by atoms with Crippen LogP contribution in [-0.4, -0.2) is 31.7 Å². The van der Waals surface area contributed by atoms with E-state index in [9.17, 15) is 22.8 Å². The number of carbonyl (C=O) groups excluding carboxylic acids is 2. The third-order valence-corrected chi connectivity index (χ3v) is 5.89. The van der Waals surface area contributed by atoms with E-state index in [0.717, 1.165) is 30.3 Å². The second-order valence-electron chi connectivity index (χ2n) is 7.93. The lowest BCUT2D eigenvalue weighted by Crippen LogP contribution is -2.36. The molecule has 1 fully saturated rings. The highest BCUT2D eigenvalue weighted by Gasteiger charge is 2.40. The maximum absolute atomic E-state index is 13.3. The van der Waals surface area contributed by atoms with Crippen LogP contribution in [0.25, 0.3) is 11.3 Å². The molecule has 2 atom stereocenters. The zero-order chi connectivity index (χ0) is 22.9. The van der Waals surface area contributed by atoms with Crippen LogP contribution in [0.3, 0.4) is 0 Å².